The lowest BCUT2D eigenvalue weighted by Crippen LogP contribution is -2.19. The van der Waals surface area contributed by atoms with Gasteiger partial charge in [0, 0.05) is 23.4 Å². The fourth-order valence-corrected chi connectivity index (χ4v) is 2.29. The Morgan fingerprint density at radius 3 is 2.43 bits per heavy atom. The normalized spacial score (nSPS) is 11.6. The molecule has 0 saturated carbocycles. The van der Waals surface area contributed by atoms with Crippen LogP contribution < -0.4 is 0 Å². The average molecular weight is 289 g/mol. The molecule has 1 N–H and O–H groups in total. The Hall–Kier alpha value is -2.24. The SMILES string of the molecule is Cc1cc(-c2noc(CC(C)(C)CC(=O)O)n2)cc(C)n1. The van der Waals surface area contributed by atoms with Crippen LogP contribution in [-0.4, -0.2) is 26.2 Å². The van der Waals surface area contributed by atoms with Crippen molar-refractivity contribution in [3.63, 3.8) is 0 Å². The van der Waals surface area contributed by atoms with Gasteiger partial charge in [-0.15, -0.1) is 0 Å². The number of nitrogens with zero attached hydrogens (tertiary/aromatic N) is 3. The van der Waals surface area contributed by atoms with Crippen LogP contribution in [0.25, 0.3) is 11.4 Å². The van der Waals surface area contributed by atoms with E-state index >= 15 is 0 Å². The number of hydrogen-bond donors (Lipinski definition) is 1. The summed E-state index contributed by atoms with van der Waals surface area (Å²) in [4.78, 5) is 19.5. The lowest BCUT2D eigenvalue weighted by molar-refractivity contribution is -0.139. The Labute approximate surface area is 123 Å². The van der Waals surface area contributed by atoms with E-state index in [0.717, 1.165) is 17.0 Å². The molecule has 0 aliphatic rings. The van der Waals surface area contributed by atoms with E-state index in [1.165, 1.54) is 0 Å². The van der Waals surface area contributed by atoms with Crippen molar-refractivity contribution in [3.05, 3.63) is 29.4 Å². The quantitative estimate of drug-likeness (QED) is 0.910. The molecule has 6 heteroatoms. The van der Waals surface area contributed by atoms with Crippen molar-refractivity contribution in [2.24, 2.45) is 5.41 Å². The first-order valence-electron chi connectivity index (χ1n) is 6.75. The smallest absolute Gasteiger partial charge is 0.303 e. The molecule has 0 fully saturated rings. The Morgan fingerprint density at radius 2 is 1.86 bits per heavy atom. The lowest BCUT2D eigenvalue weighted by atomic mass is 9.86. The van der Waals surface area contributed by atoms with Crippen LogP contribution in [0, 0.1) is 19.3 Å². The van der Waals surface area contributed by atoms with Gasteiger partial charge in [-0.1, -0.05) is 19.0 Å². The standard InChI is InChI=1S/C15H19N3O3/c1-9-5-11(6-10(2)16-9)14-17-12(21-18-14)7-15(3,4)8-13(19)20/h5-6H,7-8H2,1-4H3,(H,19,20). The first kappa shape index (κ1) is 15.2. The van der Waals surface area contributed by atoms with Crippen LogP contribution in [-0.2, 0) is 11.2 Å². The summed E-state index contributed by atoms with van der Waals surface area (Å²) >= 11 is 0. The molecule has 0 saturated heterocycles. The fourth-order valence-electron chi connectivity index (χ4n) is 2.29. The van der Waals surface area contributed by atoms with Crippen molar-refractivity contribution in [2.75, 3.05) is 0 Å². The van der Waals surface area contributed by atoms with Crippen LogP contribution in [0.4, 0.5) is 0 Å². The lowest BCUT2D eigenvalue weighted by Gasteiger charge is -2.19. The highest BCUT2D eigenvalue weighted by Crippen LogP contribution is 2.26. The number of aromatic nitrogens is 3. The molecule has 0 atom stereocenters. The first-order chi connectivity index (χ1) is 9.75. The van der Waals surface area contributed by atoms with E-state index < -0.39 is 11.4 Å². The average Bonchev–Trinajstić information content (AvgIpc) is 2.73. The van der Waals surface area contributed by atoms with Gasteiger partial charge in [-0.2, -0.15) is 4.98 Å². The molecule has 2 heterocycles. The van der Waals surface area contributed by atoms with Gasteiger partial charge in [0.1, 0.15) is 0 Å². The molecule has 21 heavy (non-hydrogen) atoms. The number of carboxylic acids is 1. The second kappa shape index (κ2) is 5.63. The van der Waals surface area contributed by atoms with Crippen LogP contribution in [0.3, 0.4) is 0 Å². The number of pyridine rings is 1. The van der Waals surface area contributed by atoms with Gasteiger partial charge in [-0.25, -0.2) is 0 Å². The predicted octanol–water partition coefficient (Wildman–Crippen LogP) is 2.79. The minimum Gasteiger partial charge on any atom is -0.481 e. The van der Waals surface area contributed by atoms with Crippen molar-refractivity contribution in [3.8, 4) is 11.4 Å². The van der Waals surface area contributed by atoms with Crippen LogP contribution >= 0.6 is 0 Å². The van der Waals surface area contributed by atoms with Crippen LogP contribution in [0.1, 0.15) is 37.5 Å². The zero-order chi connectivity index (χ0) is 15.6. The fraction of sp³-hybridized carbons (Fsp3) is 0.467. The molecule has 0 radical (unpaired) electrons. The highest BCUT2D eigenvalue weighted by Gasteiger charge is 2.25. The molecule has 0 unspecified atom stereocenters. The van der Waals surface area contributed by atoms with E-state index in [-0.39, 0.29) is 6.42 Å². The predicted molar refractivity (Wildman–Crippen MR) is 76.7 cm³/mol. The van der Waals surface area contributed by atoms with Gasteiger partial charge in [0.25, 0.3) is 0 Å². The molecular formula is C15H19N3O3. The summed E-state index contributed by atoms with van der Waals surface area (Å²) < 4.78 is 5.24. The maximum atomic E-state index is 10.8. The zero-order valence-electron chi connectivity index (χ0n) is 12.7. The highest BCUT2D eigenvalue weighted by atomic mass is 16.5. The molecule has 0 aliphatic carbocycles. The van der Waals surface area contributed by atoms with Gasteiger partial charge in [0.2, 0.25) is 11.7 Å². The third-order valence-electron chi connectivity index (χ3n) is 3.07. The molecular weight excluding hydrogens is 270 g/mol. The molecule has 2 aromatic heterocycles. The van der Waals surface area contributed by atoms with Gasteiger partial charge < -0.3 is 9.63 Å². The summed E-state index contributed by atoms with van der Waals surface area (Å²) in [5, 5.41) is 12.9. The largest absolute Gasteiger partial charge is 0.481 e. The van der Waals surface area contributed by atoms with Crippen molar-refractivity contribution in [1.82, 2.24) is 15.1 Å². The van der Waals surface area contributed by atoms with Crippen LogP contribution in [0.15, 0.2) is 16.7 Å². The van der Waals surface area contributed by atoms with E-state index in [9.17, 15) is 4.79 Å². The van der Waals surface area contributed by atoms with Gasteiger partial charge in [-0.3, -0.25) is 9.78 Å². The molecule has 0 amide bonds. The summed E-state index contributed by atoms with van der Waals surface area (Å²) in [6.07, 6.45) is 0.480. The second-order valence-corrected chi connectivity index (χ2v) is 6.06. The first-order valence-corrected chi connectivity index (χ1v) is 6.75. The van der Waals surface area contributed by atoms with Crippen LogP contribution in [0.2, 0.25) is 0 Å². The number of rotatable bonds is 5. The Bertz CT molecular complexity index is 642. The molecule has 2 aromatic rings. The maximum Gasteiger partial charge on any atom is 0.303 e. The van der Waals surface area contributed by atoms with E-state index in [1.807, 2.05) is 39.8 Å². The third-order valence-corrected chi connectivity index (χ3v) is 3.07. The van der Waals surface area contributed by atoms with E-state index in [0.29, 0.717) is 18.1 Å². The molecule has 112 valence electrons. The van der Waals surface area contributed by atoms with Crippen LogP contribution in [0.5, 0.6) is 0 Å². The molecule has 0 aromatic carbocycles. The molecule has 2 rings (SSSR count). The van der Waals surface area contributed by atoms with E-state index in [2.05, 4.69) is 15.1 Å². The monoisotopic (exact) mass is 289 g/mol. The Balaban J connectivity index is 2.20. The van der Waals surface area contributed by atoms with Crippen molar-refractivity contribution in [2.45, 2.75) is 40.5 Å². The molecule has 0 aliphatic heterocycles. The minimum absolute atomic E-state index is 0.0538. The number of hydrogen-bond acceptors (Lipinski definition) is 5. The summed E-state index contributed by atoms with van der Waals surface area (Å²) in [5.74, 6) is 0.119. The third kappa shape index (κ3) is 4.11. The number of aryl methyl sites for hydroxylation is 2. The molecule has 0 spiro atoms. The van der Waals surface area contributed by atoms with Gasteiger partial charge in [-0.05, 0) is 31.4 Å². The minimum atomic E-state index is -0.833. The number of carbonyl (C=O) groups is 1. The van der Waals surface area contributed by atoms with Crippen molar-refractivity contribution in [1.29, 1.82) is 0 Å². The Kier molecular flexibility index (Phi) is 4.06. The number of aliphatic carboxylic acids is 1. The highest BCUT2D eigenvalue weighted by molar-refractivity contribution is 5.67. The van der Waals surface area contributed by atoms with Gasteiger partial charge in [0.05, 0.1) is 6.42 Å². The zero-order valence-corrected chi connectivity index (χ0v) is 12.7. The van der Waals surface area contributed by atoms with E-state index in [1.54, 1.807) is 0 Å². The molecule has 6 nitrogen and oxygen atoms in total. The summed E-state index contributed by atoms with van der Waals surface area (Å²) in [7, 11) is 0. The number of carboxylic acid groups (broad SMARTS) is 1. The van der Waals surface area contributed by atoms with Gasteiger partial charge in [0.15, 0.2) is 0 Å². The van der Waals surface area contributed by atoms with Crippen molar-refractivity contribution < 1.29 is 14.4 Å². The summed E-state index contributed by atoms with van der Waals surface area (Å²) in [6.45, 7) is 7.55. The van der Waals surface area contributed by atoms with E-state index in [4.69, 9.17) is 9.63 Å². The Morgan fingerprint density at radius 1 is 1.24 bits per heavy atom. The maximum absolute atomic E-state index is 10.8. The molecule has 0 bridgehead atoms. The summed E-state index contributed by atoms with van der Waals surface area (Å²) in [5.41, 5.74) is 2.20. The summed E-state index contributed by atoms with van der Waals surface area (Å²) in [6, 6.07) is 3.79. The topological polar surface area (TPSA) is 89.1 Å². The second-order valence-electron chi connectivity index (χ2n) is 6.06. The van der Waals surface area contributed by atoms with Gasteiger partial charge >= 0.3 is 5.97 Å². The van der Waals surface area contributed by atoms with Crippen molar-refractivity contribution >= 4 is 5.97 Å².